The number of hydrogen-bond donors (Lipinski definition) is 0. The Kier molecular flexibility index (Phi) is 8.54. The zero-order valence-electron chi connectivity index (χ0n) is 23.6. The van der Waals surface area contributed by atoms with Gasteiger partial charge in [-0.1, -0.05) is 23.7 Å². The van der Waals surface area contributed by atoms with Crippen molar-refractivity contribution < 1.29 is 19.1 Å². The van der Waals surface area contributed by atoms with Gasteiger partial charge >= 0.3 is 6.09 Å². The summed E-state index contributed by atoms with van der Waals surface area (Å²) in [5, 5.41) is 2.08. The van der Waals surface area contributed by atoms with Crippen LogP contribution in [-0.2, 0) is 16.1 Å². The Morgan fingerprint density at radius 1 is 0.950 bits per heavy atom. The number of fused-ring (bicyclic) bond motifs is 1. The van der Waals surface area contributed by atoms with E-state index in [1.807, 2.05) is 70.1 Å². The molecule has 10 heteroatoms. The molecule has 0 aliphatic heterocycles. The van der Waals surface area contributed by atoms with Crippen LogP contribution in [0.2, 0.25) is 5.02 Å². The Morgan fingerprint density at radius 3 is 2.33 bits per heavy atom. The number of ether oxygens (including phenoxy) is 2. The first kappa shape index (κ1) is 28.8. The minimum Gasteiger partial charge on any atom is -0.484 e. The fourth-order valence-electron chi connectivity index (χ4n) is 4.01. The first-order valence-electron chi connectivity index (χ1n) is 12.8. The summed E-state index contributed by atoms with van der Waals surface area (Å²) in [5.41, 5.74) is 3.39. The third-order valence-electron chi connectivity index (χ3n) is 5.94. The molecule has 40 heavy (non-hydrogen) atoms. The first-order chi connectivity index (χ1) is 18.9. The number of rotatable bonds is 8. The average Bonchev–Trinajstić information content (AvgIpc) is 3.31. The molecule has 0 fully saturated rings. The fraction of sp³-hybridized carbons (Fsp3) is 0.300. The lowest BCUT2D eigenvalue weighted by Gasteiger charge is -2.25. The summed E-state index contributed by atoms with van der Waals surface area (Å²) < 4.78 is 13.1. The second-order valence-electron chi connectivity index (χ2n) is 10.6. The van der Waals surface area contributed by atoms with Crippen LogP contribution in [0.4, 0.5) is 16.2 Å². The lowest BCUT2D eigenvalue weighted by Crippen LogP contribution is -2.39. The van der Waals surface area contributed by atoms with Gasteiger partial charge in [0, 0.05) is 38.4 Å². The first-order valence-corrected chi connectivity index (χ1v) is 13.2. The highest BCUT2D eigenvalue weighted by Gasteiger charge is 2.22. The molecular formula is C30H34ClN5O4. The van der Waals surface area contributed by atoms with Gasteiger partial charge in [-0.25, -0.2) is 19.5 Å². The largest absolute Gasteiger partial charge is 0.484 e. The van der Waals surface area contributed by atoms with Crippen molar-refractivity contribution in [2.45, 2.75) is 32.9 Å². The number of nitrogens with zero attached hydrogens (tertiary/aromatic N) is 5. The topological polar surface area (TPSA) is 80.1 Å². The molecule has 4 aromatic rings. The quantitative estimate of drug-likeness (QED) is 0.262. The van der Waals surface area contributed by atoms with Crippen molar-refractivity contribution >= 4 is 46.0 Å². The monoisotopic (exact) mass is 563 g/mol. The van der Waals surface area contributed by atoms with Crippen molar-refractivity contribution in [2.24, 2.45) is 0 Å². The SMILES string of the molecule is CN(Cc1cccc(OCC(=O)N(c2ccc(Cl)cc2)n2cnc3cc(N(C)C)ccc32)c1)C(=O)OC(C)(C)C. The van der Waals surface area contributed by atoms with Crippen molar-refractivity contribution in [1.29, 1.82) is 0 Å². The lowest BCUT2D eigenvalue weighted by molar-refractivity contribution is -0.121. The highest BCUT2D eigenvalue weighted by molar-refractivity contribution is 6.30. The highest BCUT2D eigenvalue weighted by atomic mass is 35.5. The van der Waals surface area contributed by atoms with Crippen LogP contribution in [0, 0.1) is 0 Å². The number of benzene rings is 3. The lowest BCUT2D eigenvalue weighted by atomic mass is 10.2. The molecule has 9 nitrogen and oxygen atoms in total. The molecule has 0 N–H and O–H groups in total. The fourth-order valence-corrected chi connectivity index (χ4v) is 4.14. The summed E-state index contributed by atoms with van der Waals surface area (Å²) >= 11 is 6.12. The van der Waals surface area contributed by atoms with Crippen molar-refractivity contribution in [1.82, 2.24) is 14.6 Å². The van der Waals surface area contributed by atoms with Crippen LogP contribution in [0.5, 0.6) is 5.75 Å². The number of carbonyl (C=O) groups is 2. The predicted molar refractivity (Wildman–Crippen MR) is 158 cm³/mol. The van der Waals surface area contributed by atoms with Gasteiger partial charge in [-0.3, -0.25) is 4.79 Å². The normalized spacial score (nSPS) is 11.3. The number of hydrogen-bond acceptors (Lipinski definition) is 6. The molecule has 0 saturated heterocycles. The number of imidazole rings is 1. The maximum atomic E-state index is 13.6. The van der Waals surface area contributed by atoms with Crippen LogP contribution >= 0.6 is 11.6 Å². The van der Waals surface area contributed by atoms with Crippen LogP contribution in [-0.4, -0.2) is 59.9 Å². The maximum absolute atomic E-state index is 13.6. The number of aromatic nitrogens is 2. The predicted octanol–water partition coefficient (Wildman–Crippen LogP) is 6.00. The smallest absolute Gasteiger partial charge is 0.410 e. The minimum atomic E-state index is -0.582. The van der Waals surface area contributed by atoms with Crippen LogP contribution in [0.15, 0.2) is 73.1 Å². The van der Waals surface area contributed by atoms with E-state index in [0.717, 1.165) is 22.3 Å². The molecule has 2 amide bonds. The average molecular weight is 564 g/mol. The number of halogens is 1. The van der Waals surface area contributed by atoms with Gasteiger partial charge < -0.3 is 19.3 Å². The summed E-state index contributed by atoms with van der Waals surface area (Å²) in [5.74, 6) is 0.195. The molecule has 0 saturated carbocycles. The summed E-state index contributed by atoms with van der Waals surface area (Å²) in [6.45, 7) is 5.57. The van der Waals surface area contributed by atoms with E-state index in [4.69, 9.17) is 21.1 Å². The van der Waals surface area contributed by atoms with Crippen LogP contribution in [0.1, 0.15) is 26.3 Å². The van der Waals surface area contributed by atoms with E-state index in [0.29, 0.717) is 23.0 Å². The summed E-state index contributed by atoms with van der Waals surface area (Å²) in [4.78, 5) is 34.0. The van der Waals surface area contributed by atoms with Gasteiger partial charge in [0.2, 0.25) is 0 Å². The molecule has 0 aliphatic carbocycles. The van der Waals surface area contributed by atoms with Crippen molar-refractivity contribution in [2.75, 3.05) is 37.7 Å². The van der Waals surface area contributed by atoms with E-state index in [-0.39, 0.29) is 12.5 Å². The highest BCUT2D eigenvalue weighted by Crippen LogP contribution is 2.25. The van der Waals surface area contributed by atoms with E-state index in [9.17, 15) is 9.59 Å². The van der Waals surface area contributed by atoms with Gasteiger partial charge in [-0.2, -0.15) is 0 Å². The third-order valence-corrected chi connectivity index (χ3v) is 6.19. The molecule has 0 bridgehead atoms. The van der Waals surface area contributed by atoms with Crippen LogP contribution in [0.25, 0.3) is 11.0 Å². The van der Waals surface area contributed by atoms with E-state index in [1.54, 1.807) is 54.4 Å². The van der Waals surface area contributed by atoms with Gasteiger partial charge in [-0.15, -0.1) is 0 Å². The van der Waals surface area contributed by atoms with E-state index >= 15 is 0 Å². The molecule has 0 aliphatic rings. The molecule has 0 spiro atoms. The van der Waals surface area contributed by atoms with Crippen molar-refractivity contribution in [3.05, 3.63) is 83.6 Å². The second-order valence-corrected chi connectivity index (χ2v) is 11.0. The molecule has 1 heterocycles. The van der Waals surface area contributed by atoms with Gasteiger partial charge in [0.05, 0.1) is 16.7 Å². The van der Waals surface area contributed by atoms with E-state index in [2.05, 4.69) is 4.98 Å². The Balaban J connectivity index is 1.54. The van der Waals surface area contributed by atoms with E-state index < -0.39 is 11.7 Å². The second kappa shape index (κ2) is 11.9. The number of anilines is 2. The molecule has 3 aromatic carbocycles. The van der Waals surface area contributed by atoms with Crippen LogP contribution < -0.4 is 14.6 Å². The molecule has 210 valence electrons. The van der Waals surface area contributed by atoms with Gasteiger partial charge in [0.1, 0.15) is 17.7 Å². The Bertz CT molecular complexity index is 1490. The van der Waals surface area contributed by atoms with Crippen LogP contribution in [0.3, 0.4) is 0 Å². The van der Waals surface area contributed by atoms with Crippen molar-refractivity contribution in [3.8, 4) is 5.75 Å². The summed E-state index contributed by atoms with van der Waals surface area (Å²) in [6, 6.07) is 20.1. The molecule has 1 aromatic heterocycles. The zero-order chi connectivity index (χ0) is 29.0. The molecule has 0 unspecified atom stereocenters. The Labute approximate surface area is 239 Å². The number of amides is 2. The molecule has 0 atom stereocenters. The Morgan fingerprint density at radius 2 is 1.65 bits per heavy atom. The zero-order valence-corrected chi connectivity index (χ0v) is 24.3. The van der Waals surface area contributed by atoms with Gasteiger partial charge in [0.25, 0.3) is 5.91 Å². The summed E-state index contributed by atoms with van der Waals surface area (Å²) in [6.07, 6.45) is 1.20. The third kappa shape index (κ3) is 7.04. The maximum Gasteiger partial charge on any atom is 0.410 e. The molecular weight excluding hydrogens is 530 g/mol. The summed E-state index contributed by atoms with van der Waals surface area (Å²) in [7, 11) is 5.60. The minimum absolute atomic E-state index is 0.233. The van der Waals surface area contributed by atoms with Gasteiger partial charge in [-0.05, 0) is 80.9 Å². The van der Waals surface area contributed by atoms with Crippen molar-refractivity contribution in [3.63, 3.8) is 0 Å². The number of carbonyl (C=O) groups excluding carboxylic acids is 2. The molecule has 0 radical (unpaired) electrons. The Hall–Kier alpha value is -4.24. The standard InChI is InChI=1S/C30H34ClN5O4/c1-30(2,3)40-29(38)34(6)18-21-8-7-9-25(16-21)39-19-28(37)36(23-12-10-22(31)11-13-23)35-20-32-26-17-24(33(4)5)14-15-27(26)35/h7-17,20H,18-19H2,1-6H3. The van der Waals surface area contributed by atoms with E-state index in [1.165, 1.54) is 9.91 Å². The van der Waals surface area contributed by atoms with Gasteiger partial charge in [0.15, 0.2) is 6.61 Å². The molecule has 4 rings (SSSR count).